The fraction of sp³-hybridized carbons (Fsp3) is 0.560. The van der Waals surface area contributed by atoms with E-state index in [-0.39, 0.29) is 12.0 Å². The zero-order chi connectivity index (χ0) is 23.5. The van der Waals surface area contributed by atoms with Gasteiger partial charge < -0.3 is 14.5 Å². The minimum absolute atomic E-state index is 0.0539. The summed E-state index contributed by atoms with van der Waals surface area (Å²) in [6.45, 7) is 2.51. The zero-order valence-corrected chi connectivity index (χ0v) is 20.4. The number of pyridine rings is 2. The molecule has 1 unspecified atom stereocenters. The van der Waals surface area contributed by atoms with Gasteiger partial charge in [0.15, 0.2) is 5.65 Å². The third-order valence-corrected chi connectivity index (χ3v) is 8.25. The molecule has 34 heavy (non-hydrogen) atoms. The molecule has 0 aromatic carbocycles. The van der Waals surface area contributed by atoms with Gasteiger partial charge in [0.25, 0.3) is 0 Å². The molecule has 8 nitrogen and oxygen atoms in total. The van der Waals surface area contributed by atoms with Gasteiger partial charge in [0.1, 0.15) is 4.99 Å². The van der Waals surface area contributed by atoms with Crippen LogP contribution >= 0.6 is 0 Å². The molecule has 182 valence electrons. The lowest BCUT2D eigenvalue weighted by atomic mass is 9.79. The van der Waals surface area contributed by atoms with E-state index < -0.39 is 10.3 Å². The predicted molar refractivity (Wildman–Crippen MR) is 132 cm³/mol. The van der Waals surface area contributed by atoms with Gasteiger partial charge >= 0.3 is 0 Å². The Morgan fingerprint density at radius 2 is 2.00 bits per heavy atom. The summed E-state index contributed by atoms with van der Waals surface area (Å²) in [6, 6.07) is 4.08. The van der Waals surface area contributed by atoms with Crippen molar-refractivity contribution in [2.45, 2.75) is 50.5 Å². The molecule has 5 rings (SSSR count). The number of hydrogen-bond acceptors (Lipinski definition) is 6. The van der Waals surface area contributed by atoms with E-state index in [0.29, 0.717) is 30.7 Å². The van der Waals surface area contributed by atoms with Crippen LogP contribution in [0, 0.1) is 5.92 Å². The van der Waals surface area contributed by atoms with Crippen LogP contribution in [0.15, 0.2) is 30.7 Å². The summed E-state index contributed by atoms with van der Waals surface area (Å²) in [4.78, 5) is 15.0. The van der Waals surface area contributed by atoms with E-state index in [2.05, 4.69) is 25.9 Å². The quantitative estimate of drug-likeness (QED) is 0.422. The van der Waals surface area contributed by atoms with E-state index in [1.54, 1.807) is 13.3 Å². The molecule has 0 bridgehead atoms. The van der Waals surface area contributed by atoms with Crippen molar-refractivity contribution < 1.29 is 17.9 Å². The SMILES string of the molecule is COCCOC1CCCN(C(C2CCC(c3[nH]ccc4cnc5nccc5c34)CC2)=S(=O)=O)C1. The molecule has 2 aliphatic rings. The first kappa shape index (κ1) is 23.4. The molecule has 1 atom stereocenters. The maximum Gasteiger partial charge on any atom is 0.228 e. The van der Waals surface area contributed by atoms with Gasteiger partial charge in [-0.1, -0.05) is 0 Å². The Hall–Kier alpha value is -2.33. The monoisotopic (exact) mass is 484 g/mol. The predicted octanol–water partition coefficient (Wildman–Crippen LogP) is 3.52. The number of piperidine rings is 1. The molecule has 3 aromatic rings. The highest BCUT2D eigenvalue weighted by Gasteiger charge is 2.33. The molecule has 1 saturated heterocycles. The van der Waals surface area contributed by atoms with Crippen LogP contribution in [0.25, 0.3) is 21.8 Å². The van der Waals surface area contributed by atoms with E-state index >= 15 is 0 Å². The van der Waals surface area contributed by atoms with Crippen molar-refractivity contribution in [3.63, 3.8) is 0 Å². The van der Waals surface area contributed by atoms with Crippen LogP contribution in [0.5, 0.6) is 0 Å². The van der Waals surface area contributed by atoms with Crippen LogP contribution in [-0.4, -0.2) is 72.8 Å². The van der Waals surface area contributed by atoms with E-state index in [4.69, 9.17) is 9.47 Å². The number of ether oxygens (including phenoxy) is 2. The molecule has 1 saturated carbocycles. The summed E-state index contributed by atoms with van der Waals surface area (Å²) in [5.41, 5.74) is 1.98. The number of H-pyrrole nitrogens is 1. The normalized spacial score (nSPS) is 24.0. The van der Waals surface area contributed by atoms with Crippen LogP contribution in [0.2, 0.25) is 0 Å². The molecule has 0 radical (unpaired) electrons. The lowest BCUT2D eigenvalue weighted by molar-refractivity contribution is -0.00906. The molecule has 2 fully saturated rings. The molecule has 4 heterocycles. The maximum absolute atomic E-state index is 12.3. The van der Waals surface area contributed by atoms with Crippen LogP contribution in [-0.2, 0) is 19.8 Å². The number of hydrogen-bond donors (Lipinski definition) is 1. The Kier molecular flexibility index (Phi) is 7.24. The number of nitrogens with zero attached hydrogens (tertiary/aromatic N) is 3. The maximum atomic E-state index is 12.3. The smallest absolute Gasteiger partial charge is 0.228 e. The van der Waals surface area contributed by atoms with Crippen molar-refractivity contribution in [1.29, 1.82) is 0 Å². The number of fused-ring (bicyclic) bond motifs is 3. The van der Waals surface area contributed by atoms with Gasteiger partial charge in [-0.25, -0.2) is 9.97 Å². The summed E-state index contributed by atoms with van der Waals surface area (Å²) >= 11 is 0. The molecule has 1 aliphatic carbocycles. The Morgan fingerprint density at radius 3 is 2.79 bits per heavy atom. The summed E-state index contributed by atoms with van der Waals surface area (Å²) < 4.78 is 35.7. The largest absolute Gasteiger partial charge is 0.382 e. The molecular weight excluding hydrogens is 452 g/mol. The van der Waals surface area contributed by atoms with Crippen LogP contribution in [0.3, 0.4) is 0 Å². The van der Waals surface area contributed by atoms with Crippen LogP contribution < -0.4 is 0 Å². The Labute approximate surface area is 201 Å². The summed E-state index contributed by atoms with van der Waals surface area (Å²) in [5.74, 6) is 0.415. The van der Waals surface area contributed by atoms with E-state index in [0.717, 1.165) is 61.5 Å². The number of likely N-dealkylation sites (tertiary alicyclic amines) is 1. The van der Waals surface area contributed by atoms with Crippen molar-refractivity contribution >= 4 is 37.1 Å². The summed E-state index contributed by atoms with van der Waals surface area (Å²) in [5, 5.41) is 3.38. The van der Waals surface area contributed by atoms with Gasteiger partial charge in [0, 0.05) is 66.6 Å². The number of nitrogens with one attached hydrogen (secondary N) is 1. The fourth-order valence-corrected chi connectivity index (χ4v) is 6.60. The van der Waals surface area contributed by atoms with Crippen LogP contribution in [0.4, 0.5) is 0 Å². The van der Waals surface area contributed by atoms with Crippen molar-refractivity contribution in [3.8, 4) is 0 Å². The fourth-order valence-electron chi connectivity index (χ4n) is 5.72. The van der Waals surface area contributed by atoms with Crippen molar-refractivity contribution in [2.75, 3.05) is 33.4 Å². The summed E-state index contributed by atoms with van der Waals surface area (Å²) in [7, 11) is -0.566. The second-order valence-electron chi connectivity index (χ2n) is 9.36. The van der Waals surface area contributed by atoms with Gasteiger partial charge in [-0.2, -0.15) is 8.42 Å². The minimum atomic E-state index is -2.22. The average molecular weight is 485 g/mol. The number of methoxy groups -OCH3 is 1. The average Bonchev–Trinajstić information content (AvgIpc) is 3.34. The molecule has 1 aliphatic heterocycles. The number of aromatic nitrogens is 3. The first-order valence-electron chi connectivity index (χ1n) is 12.2. The highest BCUT2D eigenvalue weighted by molar-refractivity contribution is 7.72. The van der Waals surface area contributed by atoms with Gasteiger partial charge in [0.2, 0.25) is 10.3 Å². The minimum Gasteiger partial charge on any atom is -0.382 e. The van der Waals surface area contributed by atoms with E-state index in [1.807, 2.05) is 18.5 Å². The summed E-state index contributed by atoms with van der Waals surface area (Å²) in [6.07, 6.45) is 11.2. The highest BCUT2D eigenvalue weighted by atomic mass is 32.2. The first-order chi connectivity index (χ1) is 16.7. The number of aromatic amines is 1. The molecular formula is C25H32N4O4S. The lowest BCUT2D eigenvalue weighted by Gasteiger charge is -2.37. The van der Waals surface area contributed by atoms with Gasteiger partial charge in [-0.3, -0.25) is 4.90 Å². The van der Waals surface area contributed by atoms with Crippen molar-refractivity contribution in [3.05, 3.63) is 36.4 Å². The molecule has 1 N–H and O–H groups in total. The standard InChI is InChI=1S/C25H32N4O4S/c1-32-13-14-33-20-3-2-12-29(16-20)25(34(30)31)18-6-4-17(5-7-18)23-22-19(8-10-26-23)15-28-24-21(22)9-11-27-24/h8-11,15,17-18,20,26H,2-7,12-14,16H2,1H3. The van der Waals surface area contributed by atoms with Crippen molar-refractivity contribution in [1.82, 2.24) is 19.9 Å². The molecule has 9 heteroatoms. The van der Waals surface area contributed by atoms with Gasteiger partial charge in [-0.15, -0.1) is 0 Å². The Morgan fingerprint density at radius 1 is 1.15 bits per heavy atom. The second kappa shape index (κ2) is 10.5. The van der Waals surface area contributed by atoms with Crippen molar-refractivity contribution in [2.24, 2.45) is 5.92 Å². The molecule has 0 spiro atoms. The van der Waals surface area contributed by atoms with Gasteiger partial charge in [0.05, 0.1) is 19.3 Å². The molecule has 0 amide bonds. The third kappa shape index (κ3) is 4.75. The van der Waals surface area contributed by atoms with E-state index in [1.165, 1.54) is 11.1 Å². The van der Waals surface area contributed by atoms with E-state index in [9.17, 15) is 8.42 Å². The van der Waals surface area contributed by atoms with Crippen LogP contribution in [0.1, 0.15) is 50.1 Å². The third-order valence-electron chi connectivity index (χ3n) is 7.32. The highest BCUT2D eigenvalue weighted by Crippen LogP contribution is 2.40. The number of rotatable bonds is 6. The Bertz CT molecular complexity index is 1270. The topological polar surface area (TPSA) is 97.4 Å². The lowest BCUT2D eigenvalue weighted by Crippen LogP contribution is -2.47. The molecule has 3 aromatic heterocycles. The Balaban J connectivity index is 1.32. The second-order valence-corrected chi connectivity index (χ2v) is 10.2. The van der Waals surface area contributed by atoms with Gasteiger partial charge in [-0.05, 0) is 56.6 Å². The first-order valence-corrected chi connectivity index (χ1v) is 13.3. The zero-order valence-electron chi connectivity index (χ0n) is 19.6.